The molecule has 27 heavy (non-hydrogen) atoms. The highest BCUT2D eigenvalue weighted by molar-refractivity contribution is 5.70. The minimum atomic E-state index is -1.79. The molecule has 1 N–H and O–H groups in total. The fraction of sp³-hybridized carbons (Fsp3) is 0.500. The molecule has 0 radical (unpaired) electrons. The first kappa shape index (κ1) is 20.9. The van der Waals surface area contributed by atoms with Crippen molar-refractivity contribution in [3.63, 3.8) is 0 Å². The molecule has 0 aliphatic rings. The van der Waals surface area contributed by atoms with Crippen molar-refractivity contribution in [2.24, 2.45) is 5.10 Å². The lowest BCUT2D eigenvalue weighted by Crippen LogP contribution is -2.50. The first-order chi connectivity index (χ1) is 12.6. The molecule has 2 rings (SSSR count). The van der Waals surface area contributed by atoms with Gasteiger partial charge in [0.1, 0.15) is 30.8 Å². The third-order valence-electron chi connectivity index (χ3n) is 4.10. The lowest BCUT2D eigenvalue weighted by Gasteiger charge is -2.35. The van der Waals surface area contributed by atoms with Crippen molar-refractivity contribution in [2.75, 3.05) is 20.6 Å². The molecule has 1 atom stereocenters. The van der Waals surface area contributed by atoms with Crippen molar-refractivity contribution in [3.05, 3.63) is 48.1 Å². The Balaban J connectivity index is 2.37. The molecule has 1 aromatic heterocycles. The molecule has 0 aliphatic carbocycles. The largest absolute Gasteiger partial charge is 0.858 e. The molecule has 0 amide bonds. The number of aliphatic hydroxyl groups is 1. The van der Waals surface area contributed by atoms with Crippen LogP contribution in [-0.2, 0) is 12.1 Å². The zero-order chi connectivity index (χ0) is 20.1. The molecule has 0 saturated carbocycles. The second-order valence-corrected chi connectivity index (χ2v) is 7.13. The number of unbranched alkanes of at least 4 members (excludes halogenated alkanes) is 1. The summed E-state index contributed by atoms with van der Waals surface area (Å²) in [6.45, 7) is 1.73. The van der Waals surface area contributed by atoms with E-state index in [2.05, 4.69) is 15.2 Å². The Morgan fingerprint density at radius 3 is 2.70 bits per heavy atom. The smallest absolute Gasteiger partial charge is 0.163 e. The van der Waals surface area contributed by atoms with Gasteiger partial charge < -0.3 is 10.2 Å². The highest BCUT2D eigenvalue weighted by Gasteiger charge is 2.40. The summed E-state index contributed by atoms with van der Waals surface area (Å²) < 4.78 is 28.9. The summed E-state index contributed by atoms with van der Waals surface area (Å²) in [4.78, 5) is 3.82. The van der Waals surface area contributed by atoms with Crippen molar-refractivity contribution >= 4 is 5.90 Å². The van der Waals surface area contributed by atoms with E-state index in [1.165, 1.54) is 23.4 Å². The van der Waals surface area contributed by atoms with E-state index >= 15 is 0 Å². The van der Waals surface area contributed by atoms with E-state index in [4.69, 9.17) is 0 Å². The lowest BCUT2D eigenvalue weighted by molar-refractivity contribution is -0.905. The van der Waals surface area contributed by atoms with Gasteiger partial charge in [-0.05, 0) is 25.0 Å². The number of halogens is 2. The Labute approximate surface area is 157 Å². The standard InChI is InChI=1S/C18H25F2N5O2/c1-4-5-6-17(26)23-25(2,3)11-18(27,10-24-13-21-12-22-24)15-8-7-14(19)9-16(15)20/h7-9,12-13,27H,4-6,10-11H2,1-3H3. The number of quaternary nitrogens is 1. The van der Waals surface area contributed by atoms with E-state index in [1.807, 2.05) is 6.92 Å². The number of hydrogen-bond acceptors (Lipinski definition) is 5. The topological polar surface area (TPSA) is 86.4 Å². The van der Waals surface area contributed by atoms with Crippen LogP contribution in [0.3, 0.4) is 0 Å². The predicted molar refractivity (Wildman–Crippen MR) is 94.2 cm³/mol. The molecule has 1 aromatic carbocycles. The molecule has 148 valence electrons. The second kappa shape index (κ2) is 8.53. The van der Waals surface area contributed by atoms with Gasteiger partial charge in [0.15, 0.2) is 5.60 Å². The number of rotatable bonds is 9. The van der Waals surface area contributed by atoms with Gasteiger partial charge in [0.2, 0.25) is 0 Å². The Morgan fingerprint density at radius 1 is 1.37 bits per heavy atom. The van der Waals surface area contributed by atoms with Gasteiger partial charge in [0.25, 0.3) is 0 Å². The third kappa shape index (κ3) is 5.80. The molecular formula is C18H25F2N5O2. The van der Waals surface area contributed by atoms with E-state index in [0.717, 1.165) is 18.9 Å². The van der Waals surface area contributed by atoms with Gasteiger partial charge in [-0.15, -0.1) is 5.10 Å². The van der Waals surface area contributed by atoms with Crippen molar-refractivity contribution in [3.8, 4) is 0 Å². The van der Waals surface area contributed by atoms with E-state index in [1.54, 1.807) is 14.1 Å². The molecule has 0 spiro atoms. The quantitative estimate of drug-likeness (QED) is 0.308. The highest BCUT2D eigenvalue weighted by atomic mass is 19.1. The third-order valence-corrected chi connectivity index (χ3v) is 4.10. The summed E-state index contributed by atoms with van der Waals surface area (Å²) in [5, 5.41) is 31.4. The zero-order valence-corrected chi connectivity index (χ0v) is 15.8. The van der Waals surface area contributed by atoms with E-state index in [9.17, 15) is 19.0 Å². The molecule has 7 nitrogen and oxygen atoms in total. The van der Waals surface area contributed by atoms with Crippen LogP contribution in [0.2, 0.25) is 0 Å². The Morgan fingerprint density at radius 2 is 2.11 bits per heavy atom. The summed E-state index contributed by atoms with van der Waals surface area (Å²) in [6, 6.07) is 2.99. The minimum Gasteiger partial charge on any atom is -0.858 e. The highest BCUT2D eigenvalue weighted by Crippen LogP contribution is 2.29. The number of aromatic nitrogens is 3. The molecule has 1 unspecified atom stereocenters. The normalized spacial score (nSPS) is 15.0. The van der Waals surface area contributed by atoms with Gasteiger partial charge in [-0.25, -0.2) is 23.0 Å². The van der Waals surface area contributed by atoms with Crippen LogP contribution in [0.15, 0.2) is 36.0 Å². The Kier molecular flexibility index (Phi) is 6.61. The van der Waals surface area contributed by atoms with Crippen LogP contribution >= 0.6 is 0 Å². The van der Waals surface area contributed by atoms with Crippen molar-refractivity contribution < 1.29 is 23.6 Å². The molecular weight excluding hydrogens is 356 g/mol. The van der Waals surface area contributed by atoms with Gasteiger partial charge in [-0.2, -0.15) is 5.10 Å². The molecule has 0 saturated heterocycles. The minimum absolute atomic E-state index is 0.0955. The van der Waals surface area contributed by atoms with E-state index in [0.29, 0.717) is 12.5 Å². The molecule has 2 aromatic rings. The molecule has 1 heterocycles. The predicted octanol–water partition coefficient (Wildman–Crippen LogP) is 1.38. The monoisotopic (exact) mass is 381 g/mol. The summed E-state index contributed by atoms with van der Waals surface area (Å²) in [5.74, 6) is -1.91. The van der Waals surface area contributed by atoms with Gasteiger partial charge >= 0.3 is 0 Å². The van der Waals surface area contributed by atoms with E-state index < -0.39 is 17.2 Å². The summed E-state index contributed by atoms with van der Waals surface area (Å²) in [5.41, 5.74) is -1.88. The summed E-state index contributed by atoms with van der Waals surface area (Å²) in [7, 11) is 3.27. The van der Waals surface area contributed by atoms with Crippen LogP contribution in [-0.4, -0.2) is 51.0 Å². The Bertz CT molecular complexity index is 780. The summed E-state index contributed by atoms with van der Waals surface area (Å²) >= 11 is 0. The lowest BCUT2D eigenvalue weighted by atomic mass is 9.92. The number of likely N-dealkylation sites (N-methyl/N-ethyl adjacent to an activating group) is 1. The molecule has 9 heteroatoms. The maximum atomic E-state index is 14.4. The van der Waals surface area contributed by atoms with Crippen LogP contribution in [0.4, 0.5) is 8.78 Å². The van der Waals surface area contributed by atoms with Crippen LogP contribution in [0.5, 0.6) is 0 Å². The van der Waals surface area contributed by atoms with Gasteiger partial charge in [0, 0.05) is 17.5 Å². The molecule has 0 bridgehead atoms. The number of nitrogens with zero attached hydrogens (tertiary/aromatic N) is 5. The van der Waals surface area contributed by atoms with Crippen LogP contribution in [0.25, 0.3) is 0 Å². The van der Waals surface area contributed by atoms with Crippen molar-refractivity contribution in [1.82, 2.24) is 14.8 Å². The van der Waals surface area contributed by atoms with Crippen molar-refractivity contribution in [1.29, 1.82) is 0 Å². The fourth-order valence-electron chi connectivity index (χ4n) is 3.03. The SMILES string of the molecule is CCCC/C([O-])=N/[N+](C)(C)CC(O)(Cn1cncn1)c1ccc(F)cc1F. The first-order valence-corrected chi connectivity index (χ1v) is 8.74. The van der Waals surface area contributed by atoms with Gasteiger partial charge in [-0.1, -0.05) is 13.3 Å². The summed E-state index contributed by atoms with van der Waals surface area (Å²) in [6.07, 6.45) is 4.57. The number of hydrogen-bond donors (Lipinski definition) is 1. The van der Waals surface area contributed by atoms with Crippen LogP contribution < -0.4 is 5.11 Å². The molecule has 0 aliphatic heterocycles. The van der Waals surface area contributed by atoms with Crippen LogP contribution in [0.1, 0.15) is 31.7 Å². The average molecular weight is 381 g/mol. The average Bonchev–Trinajstić information content (AvgIpc) is 3.03. The van der Waals surface area contributed by atoms with E-state index in [-0.39, 0.29) is 29.1 Å². The van der Waals surface area contributed by atoms with Crippen molar-refractivity contribution in [2.45, 2.75) is 38.3 Å². The second-order valence-electron chi connectivity index (χ2n) is 7.13. The maximum absolute atomic E-state index is 14.4. The molecule has 0 fully saturated rings. The maximum Gasteiger partial charge on any atom is 0.163 e. The van der Waals surface area contributed by atoms with Gasteiger partial charge in [0.05, 0.1) is 20.6 Å². The van der Waals surface area contributed by atoms with Gasteiger partial charge in [-0.3, -0.25) is 0 Å². The first-order valence-electron chi connectivity index (χ1n) is 8.74. The Hall–Kier alpha value is -2.39. The number of benzene rings is 1. The van der Waals surface area contributed by atoms with Crippen LogP contribution in [0, 0.1) is 11.6 Å². The zero-order valence-electron chi connectivity index (χ0n) is 15.8. The fourth-order valence-corrected chi connectivity index (χ4v) is 3.03.